The molecular weight excluding hydrogens is 70.9 g/mol. The third-order valence-corrected chi connectivity index (χ3v) is 1.05. The monoisotopic (exact) mass is 82.1 g/mol. The van der Waals surface area contributed by atoms with Crippen molar-refractivity contribution in [3.05, 3.63) is 0 Å². The summed E-state index contributed by atoms with van der Waals surface area (Å²) in [6, 6.07) is 0. The summed E-state index contributed by atoms with van der Waals surface area (Å²) < 4.78 is 0. The summed E-state index contributed by atoms with van der Waals surface area (Å²) in [4.78, 5) is 0. The summed E-state index contributed by atoms with van der Waals surface area (Å²) in [5.41, 5.74) is 0. The molecule has 0 aromatic rings. The normalized spacial score (nSPS) is 13.5. The second kappa shape index (κ2) is 3.14. The van der Waals surface area contributed by atoms with Crippen molar-refractivity contribution in [1.82, 2.24) is 0 Å². The summed E-state index contributed by atoms with van der Waals surface area (Å²) in [6.07, 6.45) is 1.21. The molecule has 0 aliphatic carbocycles. The molecule has 34 valence electrons. The fraction of sp³-hybridized carbons (Fsp3) is 0.800. The molecule has 0 aromatic heterocycles. The number of rotatable bonds is 2. The third kappa shape index (κ3) is 2.19. The SMILES string of the molecule is B=C[C@@H](C)CC. The standard InChI is InChI=1S/C5H11B/c1-3-5(2)4-6/h4-6H,3H2,1-2H3/t5-/m0/s1. The minimum absolute atomic E-state index is 0.699. The molecule has 0 N–H and O–H groups in total. The molecule has 0 radical (unpaired) electrons. The molecule has 0 amide bonds. The van der Waals surface area contributed by atoms with Gasteiger partial charge >= 0.3 is 39.6 Å². The van der Waals surface area contributed by atoms with Crippen molar-refractivity contribution in [1.29, 1.82) is 0 Å². The second-order valence-electron chi connectivity index (χ2n) is 1.62. The predicted octanol–water partition coefficient (Wildman–Crippen LogP) is 0.736. The zero-order valence-electron chi connectivity index (χ0n) is 4.57. The first-order valence-corrected chi connectivity index (χ1v) is 2.43. The van der Waals surface area contributed by atoms with Gasteiger partial charge < -0.3 is 0 Å². The van der Waals surface area contributed by atoms with E-state index in [0.717, 1.165) is 0 Å². The second-order valence-corrected chi connectivity index (χ2v) is 1.62. The quantitative estimate of drug-likeness (QED) is 0.431. The first kappa shape index (κ1) is 5.93. The Morgan fingerprint density at radius 3 is 2.33 bits per heavy atom. The minimum atomic E-state index is 0.699. The van der Waals surface area contributed by atoms with E-state index in [0.29, 0.717) is 5.92 Å². The van der Waals surface area contributed by atoms with Gasteiger partial charge in [0.1, 0.15) is 0 Å². The molecule has 0 spiro atoms. The van der Waals surface area contributed by atoms with Crippen LogP contribution in [-0.4, -0.2) is 13.5 Å². The molecule has 0 aromatic carbocycles. The van der Waals surface area contributed by atoms with E-state index >= 15 is 0 Å². The van der Waals surface area contributed by atoms with Gasteiger partial charge in [0.15, 0.2) is 0 Å². The van der Waals surface area contributed by atoms with Gasteiger partial charge in [0.05, 0.1) is 0 Å². The fourth-order valence-corrected chi connectivity index (χ4v) is 0.167. The van der Waals surface area contributed by atoms with Crippen LogP contribution in [-0.2, 0) is 0 Å². The van der Waals surface area contributed by atoms with Crippen molar-refractivity contribution in [3.63, 3.8) is 0 Å². The molecule has 1 atom stereocenters. The van der Waals surface area contributed by atoms with Crippen molar-refractivity contribution in [2.45, 2.75) is 20.3 Å². The summed E-state index contributed by atoms with van der Waals surface area (Å²) >= 11 is 0. The first-order valence-electron chi connectivity index (χ1n) is 2.43. The van der Waals surface area contributed by atoms with Crippen molar-refractivity contribution in [3.8, 4) is 0 Å². The van der Waals surface area contributed by atoms with E-state index in [1.54, 1.807) is 0 Å². The van der Waals surface area contributed by atoms with Crippen molar-refractivity contribution in [2.24, 2.45) is 5.92 Å². The Hall–Kier alpha value is -0.0651. The molecule has 0 saturated carbocycles. The molecule has 0 unspecified atom stereocenters. The van der Waals surface area contributed by atoms with Crippen LogP contribution in [0.1, 0.15) is 20.3 Å². The maximum absolute atomic E-state index is 3.63. The molecule has 0 aliphatic rings. The molecule has 0 heterocycles. The molecular formula is C5H11B. The zero-order valence-corrected chi connectivity index (χ0v) is 4.57. The Bertz CT molecular complexity index is 41.2. The summed E-state index contributed by atoms with van der Waals surface area (Å²) in [6.45, 7) is 4.32. The zero-order chi connectivity index (χ0) is 4.99. The fourth-order valence-electron chi connectivity index (χ4n) is 0.167. The Labute approximate surface area is 40.6 Å². The Kier molecular flexibility index (Phi) is 3.10. The number of hydrogen-bond acceptors (Lipinski definition) is 0. The van der Waals surface area contributed by atoms with Crippen molar-refractivity contribution < 1.29 is 0 Å². The van der Waals surface area contributed by atoms with Crippen molar-refractivity contribution in [2.75, 3.05) is 0 Å². The van der Waals surface area contributed by atoms with Crippen molar-refractivity contribution >= 4 is 13.5 Å². The molecule has 6 heavy (non-hydrogen) atoms. The van der Waals surface area contributed by atoms with E-state index in [1.807, 2.05) is 5.97 Å². The van der Waals surface area contributed by atoms with Crippen LogP contribution in [0.4, 0.5) is 0 Å². The molecule has 0 saturated heterocycles. The summed E-state index contributed by atoms with van der Waals surface area (Å²) in [5.74, 6) is 2.67. The van der Waals surface area contributed by atoms with Gasteiger partial charge in [-0.2, -0.15) is 0 Å². The topological polar surface area (TPSA) is 0 Å². The molecule has 0 aliphatic heterocycles. The number of hydrogen-bond donors (Lipinski definition) is 0. The first-order chi connectivity index (χ1) is 2.81. The average molecular weight is 82.0 g/mol. The molecule has 1 heteroatoms. The van der Waals surface area contributed by atoms with Crippen LogP contribution in [0, 0.1) is 5.92 Å². The molecule has 0 rings (SSSR count). The summed E-state index contributed by atoms with van der Waals surface area (Å²) in [7, 11) is 3.63. The predicted molar refractivity (Wildman–Crippen MR) is 32.7 cm³/mol. The maximum atomic E-state index is 3.63. The Balaban J connectivity index is 2.96. The van der Waals surface area contributed by atoms with Gasteiger partial charge in [-0.05, 0) is 0 Å². The van der Waals surface area contributed by atoms with E-state index in [4.69, 9.17) is 0 Å². The van der Waals surface area contributed by atoms with E-state index in [1.165, 1.54) is 6.42 Å². The molecule has 0 nitrogen and oxygen atoms in total. The molecule has 0 fully saturated rings. The Morgan fingerprint density at radius 1 is 1.83 bits per heavy atom. The average Bonchev–Trinajstić information content (AvgIpc) is 1.65. The third-order valence-electron chi connectivity index (χ3n) is 1.05. The Morgan fingerprint density at radius 2 is 2.33 bits per heavy atom. The van der Waals surface area contributed by atoms with Crippen LogP contribution in [0.2, 0.25) is 0 Å². The van der Waals surface area contributed by atoms with Gasteiger partial charge in [-0.3, -0.25) is 0 Å². The van der Waals surface area contributed by atoms with Gasteiger partial charge in [0.2, 0.25) is 0 Å². The van der Waals surface area contributed by atoms with E-state index in [-0.39, 0.29) is 0 Å². The van der Waals surface area contributed by atoms with Crippen LogP contribution in [0.15, 0.2) is 0 Å². The summed E-state index contributed by atoms with van der Waals surface area (Å²) in [5, 5.41) is 0. The van der Waals surface area contributed by atoms with Crippen LogP contribution in [0.25, 0.3) is 0 Å². The van der Waals surface area contributed by atoms with Crippen LogP contribution in [0.3, 0.4) is 0 Å². The van der Waals surface area contributed by atoms with Crippen LogP contribution in [0.5, 0.6) is 0 Å². The van der Waals surface area contributed by atoms with E-state index < -0.39 is 0 Å². The van der Waals surface area contributed by atoms with Gasteiger partial charge in [-0.15, -0.1) is 0 Å². The van der Waals surface area contributed by atoms with E-state index in [2.05, 4.69) is 21.3 Å². The van der Waals surface area contributed by atoms with Gasteiger partial charge in [-0.1, -0.05) is 0 Å². The van der Waals surface area contributed by atoms with Crippen LogP contribution >= 0.6 is 0 Å². The van der Waals surface area contributed by atoms with Crippen LogP contribution < -0.4 is 0 Å². The molecule has 0 bridgehead atoms. The van der Waals surface area contributed by atoms with Gasteiger partial charge in [0.25, 0.3) is 0 Å². The van der Waals surface area contributed by atoms with E-state index in [9.17, 15) is 0 Å². The van der Waals surface area contributed by atoms with Gasteiger partial charge in [-0.25, -0.2) is 0 Å². The van der Waals surface area contributed by atoms with Gasteiger partial charge in [0, 0.05) is 0 Å².